The van der Waals surface area contributed by atoms with E-state index < -0.39 is 15.9 Å². The third-order valence-corrected chi connectivity index (χ3v) is 4.64. The molecule has 0 aliphatic rings. The second-order valence-corrected chi connectivity index (χ2v) is 6.52. The zero-order valence-corrected chi connectivity index (χ0v) is 12.7. The smallest absolute Gasteiger partial charge is 0.264 e. The molecule has 2 rings (SSSR count). The highest BCUT2D eigenvalue weighted by Gasteiger charge is 2.17. The van der Waals surface area contributed by atoms with E-state index in [4.69, 9.17) is 11.6 Å². The molecule has 110 valence electrons. The number of carbonyl (C=O) groups is 1. The minimum absolute atomic E-state index is 0.0514. The van der Waals surface area contributed by atoms with Crippen molar-refractivity contribution in [2.24, 2.45) is 0 Å². The minimum Gasteiger partial charge on any atom is -0.274 e. The minimum atomic E-state index is -3.81. The quantitative estimate of drug-likeness (QED) is 0.920. The standard InChI is InChI=1S/C15H14ClNO3S/c16-14-9-5-4-6-12(14)10-11-15(18)17-21(19,20)13-7-2-1-3-8-13/h1-9H,10-11H2,(H,17,18). The number of carbonyl (C=O) groups excluding carboxylic acids is 1. The van der Waals surface area contributed by atoms with Crippen LogP contribution in [0.1, 0.15) is 12.0 Å². The van der Waals surface area contributed by atoms with Crippen molar-refractivity contribution in [3.8, 4) is 0 Å². The summed E-state index contributed by atoms with van der Waals surface area (Å²) >= 11 is 5.99. The molecule has 1 amide bonds. The first-order valence-electron chi connectivity index (χ1n) is 6.33. The summed E-state index contributed by atoms with van der Waals surface area (Å²) in [6.07, 6.45) is 0.436. The first-order valence-corrected chi connectivity index (χ1v) is 8.19. The van der Waals surface area contributed by atoms with E-state index in [9.17, 15) is 13.2 Å². The number of nitrogens with one attached hydrogen (secondary N) is 1. The van der Waals surface area contributed by atoms with E-state index in [1.54, 1.807) is 36.4 Å². The van der Waals surface area contributed by atoms with Gasteiger partial charge in [-0.25, -0.2) is 13.1 Å². The molecule has 0 aliphatic heterocycles. The van der Waals surface area contributed by atoms with Crippen molar-refractivity contribution in [1.82, 2.24) is 4.72 Å². The van der Waals surface area contributed by atoms with Crippen LogP contribution in [-0.4, -0.2) is 14.3 Å². The van der Waals surface area contributed by atoms with E-state index >= 15 is 0 Å². The Labute approximate surface area is 128 Å². The van der Waals surface area contributed by atoms with Gasteiger partial charge in [0.25, 0.3) is 10.0 Å². The Kier molecular flexibility index (Phi) is 4.98. The lowest BCUT2D eigenvalue weighted by molar-refractivity contribution is -0.119. The van der Waals surface area contributed by atoms with E-state index in [1.165, 1.54) is 12.1 Å². The van der Waals surface area contributed by atoms with E-state index in [1.807, 2.05) is 6.07 Å². The Morgan fingerprint density at radius 2 is 1.62 bits per heavy atom. The Morgan fingerprint density at radius 1 is 1.00 bits per heavy atom. The summed E-state index contributed by atoms with van der Waals surface area (Å²) < 4.78 is 26.0. The predicted octanol–water partition coefficient (Wildman–Crippen LogP) is 2.78. The predicted molar refractivity (Wildman–Crippen MR) is 81.5 cm³/mol. The van der Waals surface area contributed by atoms with Crippen LogP contribution < -0.4 is 4.72 Å². The molecule has 4 nitrogen and oxygen atoms in total. The molecule has 0 atom stereocenters. The number of sulfonamides is 1. The van der Waals surface area contributed by atoms with Crippen molar-refractivity contribution in [2.75, 3.05) is 0 Å². The van der Waals surface area contributed by atoms with Crippen molar-refractivity contribution in [2.45, 2.75) is 17.7 Å². The van der Waals surface area contributed by atoms with Crippen molar-refractivity contribution in [3.05, 3.63) is 65.2 Å². The normalized spacial score (nSPS) is 11.1. The van der Waals surface area contributed by atoms with Crippen LogP contribution in [0.4, 0.5) is 0 Å². The fraction of sp³-hybridized carbons (Fsp3) is 0.133. The number of hydrogen-bond donors (Lipinski definition) is 1. The zero-order valence-electron chi connectivity index (χ0n) is 11.1. The largest absolute Gasteiger partial charge is 0.274 e. The number of aryl methyl sites for hydroxylation is 1. The molecule has 0 spiro atoms. The molecular weight excluding hydrogens is 310 g/mol. The molecule has 2 aromatic carbocycles. The van der Waals surface area contributed by atoms with Crippen LogP contribution in [0.25, 0.3) is 0 Å². The summed E-state index contributed by atoms with van der Waals surface area (Å²) in [7, 11) is -3.81. The summed E-state index contributed by atoms with van der Waals surface area (Å²) in [4.78, 5) is 11.8. The first kappa shape index (κ1) is 15.5. The van der Waals surface area contributed by atoms with Crippen molar-refractivity contribution in [1.29, 1.82) is 0 Å². The first-order chi connectivity index (χ1) is 9.99. The lowest BCUT2D eigenvalue weighted by Gasteiger charge is -2.07. The number of benzene rings is 2. The molecule has 0 fully saturated rings. The van der Waals surface area contributed by atoms with Gasteiger partial charge in [0, 0.05) is 11.4 Å². The number of hydrogen-bond acceptors (Lipinski definition) is 3. The van der Waals surface area contributed by atoms with Crippen molar-refractivity contribution in [3.63, 3.8) is 0 Å². The number of rotatable bonds is 5. The van der Waals surface area contributed by atoms with Crippen molar-refractivity contribution >= 4 is 27.5 Å². The Bertz CT molecular complexity index is 730. The van der Waals surface area contributed by atoms with Gasteiger partial charge in [-0.05, 0) is 30.2 Å². The molecule has 6 heteroatoms. The molecule has 0 unspecified atom stereocenters. The maximum absolute atomic E-state index is 12.0. The van der Waals surface area contributed by atoms with Crippen LogP contribution in [0.3, 0.4) is 0 Å². The highest BCUT2D eigenvalue weighted by atomic mass is 35.5. The average molecular weight is 324 g/mol. The van der Waals surface area contributed by atoms with Crippen LogP contribution in [0.2, 0.25) is 5.02 Å². The maximum atomic E-state index is 12.0. The Morgan fingerprint density at radius 3 is 2.29 bits per heavy atom. The van der Waals surface area contributed by atoms with Crippen LogP contribution in [0, 0.1) is 0 Å². The van der Waals surface area contributed by atoms with Gasteiger partial charge in [0.05, 0.1) is 4.90 Å². The molecule has 21 heavy (non-hydrogen) atoms. The molecule has 2 aromatic rings. The van der Waals surface area contributed by atoms with Gasteiger partial charge in [-0.15, -0.1) is 0 Å². The Hall–Kier alpha value is -1.85. The van der Waals surface area contributed by atoms with Crippen LogP contribution in [-0.2, 0) is 21.2 Å². The maximum Gasteiger partial charge on any atom is 0.264 e. The van der Waals surface area contributed by atoms with Gasteiger partial charge in [0.15, 0.2) is 0 Å². The van der Waals surface area contributed by atoms with E-state index in [0.29, 0.717) is 11.4 Å². The monoisotopic (exact) mass is 323 g/mol. The molecule has 0 bridgehead atoms. The molecular formula is C15H14ClNO3S. The Balaban J connectivity index is 1.98. The zero-order chi connectivity index (χ0) is 15.3. The third kappa shape index (κ3) is 4.31. The molecule has 0 radical (unpaired) electrons. The second kappa shape index (κ2) is 6.74. The van der Waals surface area contributed by atoms with Crippen LogP contribution >= 0.6 is 11.6 Å². The topological polar surface area (TPSA) is 63.2 Å². The van der Waals surface area contributed by atoms with Gasteiger partial charge in [0.1, 0.15) is 0 Å². The molecule has 0 aliphatic carbocycles. The molecule has 0 saturated carbocycles. The summed E-state index contributed by atoms with van der Waals surface area (Å²) in [6, 6.07) is 14.9. The number of halogens is 1. The van der Waals surface area contributed by atoms with Gasteiger partial charge < -0.3 is 0 Å². The SMILES string of the molecule is O=C(CCc1ccccc1Cl)NS(=O)(=O)c1ccccc1. The average Bonchev–Trinajstić information content (AvgIpc) is 2.47. The van der Waals surface area contributed by atoms with Gasteiger partial charge in [-0.1, -0.05) is 48.0 Å². The molecule has 0 aromatic heterocycles. The van der Waals surface area contributed by atoms with E-state index in [2.05, 4.69) is 4.72 Å². The third-order valence-electron chi connectivity index (χ3n) is 2.88. The summed E-state index contributed by atoms with van der Waals surface area (Å²) in [5, 5.41) is 0.566. The van der Waals surface area contributed by atoms with E-state index in [0.717, 1.165) is 5.56 Å². The van der Waals surface area contributed by atoms with Crippen LogP contribution in [0.15, 0.2) is 59.5 Å². The lowest BCUT2D eigenvalue weighted by Crippen LogP contribution is -2.30. The molecule has 0 heterocycles. The highest BCUT2D eigenvalue weighted by Crippen LogP contribution is 2.16. The molecule has 1 N–H and O–H groups in total. The lowest BCUT2D eigenvalue weighted by atomic mass is 10.1. The molecule has 0 saturated heterocycles. The number of amides is 1. The summed E-state index contributed by atoms with van der Waals surface area (Å²) in [5.41, 5.74) is 0.812. The summed E-state index contributed by atoms with van der Waals surface area (Å²) in [6.45, 7) is 0. The fourth-order valence-electron chi connectivity index (χ4n) is 1.81. The summed E-state index contributed by atoms with van der Waals surface area (Å²) in [5.74, 6) is -0.557. The van der Waals surface area contributed by atoms with E-state index in [-0.39, 0.29) is 11.3 Å². The van der Waals surface area contributed by atoms with Gasteiger partial charge >= 0.3 is 0 Å². The van der Waals surface area contributed by atoms with Gasteiger partial charge in [-0.2, -0.15) is 0 Å². The van der Waals surface area contributed by atoms with Crippen LogP contribution in [0.5, 0.6) is 0 Å². The van der Waals surface area contributed by atoms with Crippen molar-refractivity contribution < 1.29 is 13.2 Å². The fourth-order valence-corrected chi connectivity index (χ4v) is 3.07. The van der Waals surface area contributed by atoms with Gasteiger partial charge in [0.2, 0.25) is 5.91 Å². The van der Waals surface area contributed by atoms with Gasteiger partial charge in [-0.3, -0.25) is 4.79 Å². The highest BCUT2D eigenvalue weighted by molar-refractivity contribution is 7.90. The second-order valence-electron chi connectivity index (χ2n) is 4.43.